The van der Waals surface area contributed by atoms with E-state index in [9.17, 15) is 14.9 Å². The van der Waals surface area contributed by atoms with Gasteiger partial charge in [0.25, 0.3) is 0 Å². The lowest BCUT2D eigenvalue weighted by Gasteiger charge is -2.33. The van der Waals surface area contributed by atoms with Crippen LogP contribution in [0.1, 0.15) is 17.2 Å². The smallest absolute Gasteiger partial charge is 0.240 e. The molecular formula is C23H17N3O4. The molecule has 4 heterocycles. The molecular weight excluding hydrogens is 382 g/mol. The van der Waals surface area contributed by atoms with Gasteiger partial charge in [0.05, 0.1) is 29.6 Å². The van der Waals surface area contributed by atoms with E-state index in [1.54, 1.807) is 18.2 Å². The molecule has 0 saturated carbocycles. The monoisotopic (exact) mass is 399 g/mol. The van der Waals surface area contributed by atoms with E-state index in [0.717, 1.165) is 11.1 Å². The maximum atomic E-state index is 13.6. The molecule has 0 aliphatic carbocycles. The number of carbonyl (C=O) groups is 2. The summed E-state index contributed by atoms with van der Waals surface area (Å²) in [6, 6.07) is 14.1. The van der Waals surface area contributed by atoms with Crippen molar-refractivity contribution in [2.24, 2.45) is 11.8 Å². The number of hydrogen-bond acceptors (Lipinski definition) is 6. The molecule has 0 radical (unpaired) electrons. The lowest BCUT2D eigenvalue weighted by atomic mass is 9.85. The fourth-order valence-electron chi connectivity index (χ4n) is 5.13. The number of ether oxygens (including phenoxy) is 2. The highest BCUT2D eigenvalue weighted by Gasteiger charge is 2.63. The first kappa shape index (κ1) is 17.1. The van der Waals surface area contributed by atoms with Gasteiger partial charge in [-0.15, -0.1) is 0 Å². The largest absolute Gasteiger partial charge is 0.486 e. The number of rotatable bonds is 1. The number of nitriles is 1. The molecule has 7 heteroatoms. The average Bonchev–Trinajstić information content (AvgIpc) is 3.25. The Balaban J connectivity index is 1.44. The molecule has 0 aromatic heterocycles. The molecule has 4 aliphatic rings. The molecule has 0 N–H and O–H groups in total. The summed E-state index contributed by atoms with van der Waals surface area (Å²) in [5.41, 5.74) is 2.43. The third-order valence-electron chi connectivity index (χ3n) is 6.38. The Kier molecular flexibility index (Phi) is 3.48. The summed E-state index contributed by atoms with van der Waals surface area (Å²) in [4.78, 5) is 30.1. The van der Waals surface area contributed by atoms with Crippen LogP contribution in [0.4, 0.5) is 5.69 Å². The zero-order valence-corrected chi connectivity index (χ0v) is 15.9. The van der Waals surface area contributed by atoms with E-state index in [-0.39, 0.29) is 17.9 Å². The third kappa shape index (κ3) is 2.13. The molecule has 0 spiro atoms. The Morgan fingerprint density at radius 1 is 0.967 bits per heavy atom. The zero-order chi connectivity index (χ0) is 20.4. The number of nitrogens with zero attached hydrogens (tertiary/aromatic N) is 3. The van der Waals surface area contributed by atoms with Gasteiger partial charge in [-0.1, -0.05) is 24.3 Å². The van der Waals surface area contributed by atoms with E-state index in [2.05, 4.69) is 6.07 Å². The molecule has 2 amide bonds. The molecule has 148 valence electrons. The van der Waals surface area contributed by atoms with Crippen molar-refractivity contribution in [2.75, 3.05) is 18.1 Å². The predicted molar refractivity (Wildman–Crippen MR) is 106 cm³/mol. The van der Waals surface area contributed by atoms with Crippen LogP contribution in [0.25, 0.3) is 6.08 Å². The van der Waals surface area contributed by atoms with Gasteiger partial charge in [-0.3, -0.25) is 9.59 Å². The molecule has 2 aromatic rings. The normalized spacial score (nSPS) is 28.1. The Morgan fingerprint density at radius 3 is 2.57 bits per heavy atom. The summed E-state index contributed by atoms with van der Waals surface area (Å²) in [6.07, 6.45) is 3.78. The topological polar surface area (TPSA) is 82.9 Å². The van der Waals surface area contributed by atoms with Crippen molar-refractivity contribution in [1.29, 1.82) is 5.26 Å². The quantitative estimate of drug-likeness (QED) is 0.686. The first-order chi connectivity index (χ1) is 14.7. The van der Waals surface area contributed by atoms with Gasteiger partial charge < -0.3 is 14.4 Å². The molecule has 7 nitrogen and oxygen atoms in total. The Morgan fingerprint density at radius 2 is 1.73 bits per heavy atom. The van der Waals surface area contributed by atoms with Crippen LogP contribution in [0.2, 0.25) is 0 Å². The Bertz CT molecular complexity index is 1170. The van der Waals surface area contributed by atoms with E-state index in [1.807, 2.05) is 41.4 Å². The number of carbonyl (C=O) groups excluding carboxylic acids is 2. The van der Waals surface area contributed by atoms with E-state index in [1.165, 1.54) is 4.90 Å². The average molecular weight is 399 g/mol. The lowest BCUT2D eigenvalue weighted by molar-refractivity contribution is -0.123. The molecule has 30 heavy (non-hydrogen) atoms. The Hall–Kier alpha value is -3.79. The minimum absolute atomic E-state index is 0.278. The van der Waals surface area contributed by atoms with Crippen molar-refractivity contribution >= 4 is 23.6 Å². The van der Waals surface area contributed by atoms with Crippen LogP contribution in [0.5, 0.6) is 11.5 Å². The molecule has 0 bridgehead atoms. The summed E-state index contributed by atoms with van der Waals surface area (Å²) in [6.45, 7) is 0.882. The van der Waals surface area contributed by atoms with E-state index >= 15 is 0 Å². The number of benzene rings is 2. The zero-order valence-electron chi connectivity index (χ0n) is 15.9. The van der Waals surface area contributed by atoms with Gasteiger partial charge in [-0.05, 0) is 29.3 Å². The fraction of sp³-hybridized carbons (Fsp3) is 0.261. The highest BCUT2D eigenvalue weighted by atomic mass is 16.6. The van der Waals surface area contributed by atoms with Crippen LogP contribution in [-0.4, -0.2) is 36.0 Å². The molecule has 4 atom stereocenters. The molecule has 4 aliphatic heterocycles. The highest BCUT2D eigenvalue weighted by Crippen LogP contribution is 2.53. The van der Waals surface area contributed by atoms with Gasteiger partial charge in [-0.2, -0.15) is 5.26 Å². The minimum Gasteiger partial charge on any atom is -0.486 e. The SMILES string of the molecule is N#C[C@@H]1[C@@H]2C(=O)N(c3ccc4c(c3)OCCO4)C(=O)[C@H]2[C@@H]2c3ccccc3C=CN12. The van der Waals surface area contributed by atoms with Gasteiger partial charge in [0.15, 0.2) is 11.5 Å². The summed E-state index contributed by atoms with van der Waals surface area (Å²) in [5, 5.41) is 9.87. The van der Waals surface area contributed by atoms with Crippen LogP contribution < -0.4 is 14.4 Å². The minimum atomic E-state index is -0.712. The second-order valence-electron chi connectivity index (χ2n) is 7.80. The standard InChI is InChI=1S/C23H17N3O4/c24-12-16-19-20(21-15-4-2-1-3-13(15)7-8-25(16)21)23(28)26(22(19)27)14-5-6-17-18(11-14)30-10-9-29-17/h1-8,11,16,19-21H,9-10H2/t16-,19+,20-,21+/m1/s1. The maximum Gasteiger partial charge on any atom is 0.240 e. The third-order valence-corrected chi connectivity index (χ3v) is 6.38. The van der Waals surface area contributed by atoms with E-state index < -0.39 is 17.9 Å². The lowest BCUT2D eigenvalue weighted by Crippen LogP contribution is -2.40. The molecule has 2 saturated heterocycles. The number of imide groups is 1. The van der Waals surface area contributed by atoms with Crippen LogP contribution in [0.15, 0.2) is 48.7 Å². The van der Waals surface area contributed by atoms with Crippen molar-refractivity contribution in [2.45, 2.75) is 12.1 Å². The second-order valence-corrected chi connectivity index (χ2v) is 7.80. The van der Waals surface area contributed by atoms with Gasteiger partial charge in [-0.25, -0.2) is 4.90 Å². The molecule has 2 aromatic carbocycles. The second kappa shape index (κ2) is 6.10. The van der Waals surface area contributed by atoms with Crippen LogP contribution >= 0.6 is 0 Å². The fourth-order valence-corrected chi connectivity index (χ4v) is 5.13. The van der Waals surface area contributed by atoms with Crippen molar-refractivity contribution in [1.82, 2.24) is 4.90 Å². The summed E-state index contributed by atoms with van der Waals surface area (Å²) in [5.74, 6) is -0.830. The Labute approximate surface area is 172 Å². The van der Waals surface area contributed by atoms with Crippen molar-refractivity contribution in [3.05, 3.63) is 59.8 Å². The van der Waals surface area contributed by atoms with E-state index in [0.29, 0.717) is 30.4 Å². The number of amides is 2. The molecule has 2 fully saturated rings. The number of hydrogen-bond donors (Lipinski definition) is 0. The van der Waals surface area contributed by atoms with E-state index in [4.69, 9.17) is 9.47 Å². The molecule has 0 unspecified atom stereocenters. The van der Waals surface area contributed by atoms with Crippen molar-refractivity contribution in [3.63, 3.8) is 0 Å². The summed E-state index contributed by atoms with van der Waals surface area (Å²) in [7, 11) is 0. The predicted octanol–water partition coefficient (Wildman–Crippen LogP) is 2.50. The van der Waals surface area contributed by atoms with Gasteiger partial charge in [0, 0.05) is 12.3 Å². The number of anilines is 1. The van der Waals surface area contributed by atoms with Crippen LogP contribution in [-0.2, 0) is 9.59 Å². The van der Waals surface area contributed by atoms with Crippen LogP contribution in [0.3, 0.4) is 0 Å². The van der Waals surface area contributed by atoms with Crippen molar-refractivity contribution in [3.8, 4) is 17.6 Å². The highest BCUT2D eigenvalue weighted by molar-refractivity contribution is 6.23. The van der Waals surface area contributed by atoms with Gasteiger partial charge in [0.1, 0.15) is 19.3 Å². The first-order valence-electron chi connectivity index (χ1n) is 9.90. The summed E-state index contributed by atoms with van der Waals surface area (Å²) >= 11 is 0. The first-order valence-corrected chi connectivity index (χ1v) is 9.90. The molecule has 6 rings (SSSR count). The van der Waals surface area contributed by atoms with Gasteiger partial charge in [0.2, 0.25) is 11.8 Å². The number of fused-ring (bicyclic) bond motifs is 6. The van der Waals surface area contributed by atoms with Crippen molar-refractivity contribution < 1.29 is 19.1 Å². The van der Waals surface area contributed by atoms with Crippen LogP contribution in [0, 0.1) is 23.2 Å². The summed E-state index contributed by atoms with van der Waals surface area (Å²) < 4.78 is 11.2. The van der Waals surface area contributed by atoms with Gasteiger partial charge >= 0.3 is 0 Å². The maximum absolute atomic E-state index is 13.6.